The predicted octanol–water partition coefficient (Wildman–Crippen LogP) is 3.93. The third-order valence-electron chi connectivity index (χ3n) is 6.77. The first-order valence-corrected chi connectivity index (χ1v) is 14.1. The van der Waals surface area contributed by atoms with Gasteiger partial charge >= 0.3 is 0 Å². The number of sulfonamides is 1. The van der Waals surface area contributed by atoms with Crippen LogP contribution in [0.5, 0.6) is 5.88 Å². The summed E-state index contributed by atoms with van der Waals surface area (Å²) < 4.78 is 47.9. The maximum Gasteiger partial charge on any atom is 0.259 e. The number of hydrogen-bond acceptors (Lipinski definition) is 6. The van der Waals surface area contributed by atoms with Gasteiger partial charge in [0.2, 0.25) is 15.9 Å². The number of aromatic nitrogens is 1. The Hall–Kier alpha value is -3.60. The van der Waals surface area contributed by atoms with Crippen LogP contribution in [0.3, 0.4) is 0 Å². The fourth-order valence-corrected chi connectivity index (χ4v) is 5.60. The van der Waals surface area contributed by atoms with Gasteiger partial charge in [-0.1, -0.05) is 61.5 Å². The average Bonchev–Trinajstić information content (AvgIpc) is 2.94. The average molecular weight is 554 g/mol. The molecule has 0 saturated carbocycles. The van der Waals surface area contributed by atoms with Gasteiger partial charge < -0.3 is 14.7 Å². The summed E-state index contributed by atoms with van der Waals surface area (Å²) in [5, 5.41) is 9.86. The molecule has 1 aliphatic heterocycles. The van der Waals surface area contributed by atoms with Crippen LogP contribution in [-0.4, -0.2) is 72.5 Å². The molecule has 2 heterocycles. The normalized spacial score (nSPS) is 18.9. The molecule has 2 aromatic carbocycles. The van der Waals surface area contributed by atoms with Crippen LogP contribution in [0, 0.1) is 11.7 Å². The minimum atomic E-state index is -4.15. The van der Waals surface area contributed by atoms with Gasteiger partial charge in [0.05, 0.1) is 19.2 Å². The second kappa shape index (κ2) is 12.1. The number of amides is 1. The number of benzene rings is 2. The standard InChI is InChI=1S/C29H32FN3O5S/c1-20-17-33(21(2)19-34)29(35)24-15-23(14-13-22-9-5-4-6-10-22)16-31-28(24)38-26(20)18-32(3)39(36,37)27-12-8-7-11-25(27)30/h4-16,20-21,26,34H,17-19H2,1-3H3/b14-13+/t20-,21+,26-/m0/s1. The van der Waals surface area contributed by atoms with Crippen LogP contribution in [0.25, 0.3) is 12.2 Å². The van der Waals surface area contributed by atoms with Gasteiger partial charge in [-0.2, -0.15) is 4.31 Å². The lowest BCUT2D eigenvalue weighted by atomic mass is 10.00. The highest BCUT2D eigenvalue weighted by Gasteiger charge is 2.36. The number of aliphatic hydroxyl groups is 1. The van der Waals surface area contributed by atoms with Crippen LogP contribution in [-0.2, 0) is 10.0 Å². The molecule has 1 aromatic heterocycles. The molecular formula is C29H32FN3O5S. The van der Waals surface area contributed by atoms with Gasteiger partial charge in [-0.3, -0.25) is 4.79 Å². The molecule has 3 aromatic rings. The van der Waals surface area contributed by atoms with E-state index in [4.69, 9.17) is 4.74 Å². The molecule has 3 atom stereocenters. The van der Waals surface area contributed by atoms with Crippen molar-refractivity contribution >= 4 is 28.1 Å². The highest BCUT2D eigenvalue weighted by atomic mass is 32.2. The number of likely N-dealkylation sites (N-methyl/N-ethyl adjacent to an activating group) is 1. The number of nitrogens with zero attached hydrogens (tertiary/aromatic N) is 3. The molecule has 206 valence electrons. The summed E-state index contributed by atoms with van der Waals surface area (Å²) in [5.41, 5.74) is 1.87. The molecule has 1 aliphatic rings. The van der Waals surface area contributed by atoms with E-state index in [0.29, 0.717) is 5.56 Å². The topological polar surface area (TPSA) is 100 Å². The van der Waals surface area contributed by atoms with Crippen molar-refractivity contribution in [1.29, 1.82) is 0 Å². The van der Waals surface area contributed by atoms with Crippen molar-refractivity contribution in [2.24, 2.45) is 5.92 Å². The van der Waals surface area contributed by atoms with Crippen LogP contribution >= 0.6 is 0 Å². The van der Waals surface area contributed by atoms with Gasteiger partial charge in [0.25, 0.3) is 5.91 Å². The van der Waals surface area contributed by atoms with Crippen LogP contribution in [0.2, 0.25) is 0 Å². The summed E-state index contributed by atoms with van der Waals surface area (Å²) in [5.74, 6) is -1.45. The SMILES string of the molecule is C[C@H](CO)N1C[C@H](C)[C@H](CN(C)S(=O)(=O)c2ccccc2F)Oc2ncc(/C=C/c3ccccc3)cc2C1=O. The molecule has 0 spiro atoms. The first-order chi connectivity index (χ1) is 18.6. The summed E-state index contributed by atoms with van der Waals surface area (Å²) in [4.78, 5) is 19.1. The minimum Gasteiger partial charge on any atom is -0.472 e. The van der Waals surface area contributed by atoms with Crippen molar-refractivity contribution in [1.82, 2.24) is 14.2 Å². The van der Waals surface area contributed by atoms with Crippen molar-refractivity contribution in [3.8, 4) is 5.88 Å². The largest absolute Gasteiger partial charge is 0.472 e. The molecule has 1 amide bonds. The number of hydrogen-bond donors (Lipinski definition) is 1. The molecule has 0 aliphatic carbocycles. The lowest BCUT2D eigenvalue weighted by molar-refractivity contribution is 0.0373. The third kappa shape index (κ3) is 6.35. The quantitative estimate of drug-likeness (QED) is 0.454. The summed E-state index contributed by atoms with van der Waals surface area (Å²) in [6.07, 6.45) is 4.60. The molecule has 1 N–H and O–H groups in total. The number of rotatable bonds is 8. The van der Waals surface area contributed by atoms with Crippen molar-refractivity contribution in [2.75, 3.05) is 26.7 Å². The molecule has 8 nitrogen and oxygen atoms in total. The number of carbonyl (C=O) groups is 1. The van der Waals surface area contributed by atoms with Gasteiger partial charge in [0.1, 0.15) is 22.4 Å². The van der Waals surface area contributed by atoms with E-state index in [9.17, 15) is 22.7 Å². The van der Waals surface area contributed by atoms with Gasteiger partial charge in [-0.15, -0.1) is 0 Å². The number of halogens is 1. The van der Waals surface area contributed by atoms with E-state index in [2.05, 4.69) is 4.98 Å². The number of fused-ring (bicyclic) bond motifs is 1. The van der Waals surface area contributed by atoms with Gasteiger partial charge in [0.15, 0.2) is 0 Å². The molecule has 0 saturated heterocycles. The molecule has 10 heteroatoms. The van der Waals surface area contributed by atoms with E-state index in [1.165, 1.54) is 25.2 Å². The number of ether oxygens (including phenoxy) is 1. The Labute approximate surface area is 228 Å². The molecule has 39 heavy (non-hydrogen) atoms. The summed E-state index contributed by atoms with van der Waals surface area (Å²) >= 11 is 0. The van der Waals surface area contributed by atoms with E-state index in [-0.39, 0.29) is 43.0 Å². The van der Waals surface area contributed by atoms with Gasteiger partial charge in [-0.25, -0.2) is 17.8 Å². The first kappa shape index (κ1) is 28.4. The van der Waals surface area contributed by atoms with Crippen LogP contribution < -0.4 is 4.74 Å². The van der Waals surface area contributed by atoms with Crippen molar-refractivity contribution in [3.63, 3.8) is 0 Å². The van der Waals surface area contributed by atoms with Crippen LogP contribution in [0.1, 0.15) is 35.3 Å². The van der Waals surface area contributed by atoms with Crippen molar-refractivity contribution in [2.45, 2.75) is 30.9 Å². The Bertz CT molecular complexity index is 1450. The summed E-state index contributed by atoms with van der Waals surface area (Å²) in [6, 6.07) is 16.1. The Balaban J connectivity index is 1.68. The Morgan fingerprint density at radius 2 is 1.82 bits per heavy atom. The predicted molar refractivity (Wildman–Crippen MR) is 147 cm³/mol. The Kier molecular flexibility index (Phi) is 8.79. The molecule has 0 unspecified atom stereocenters. The van der Waals surface area contributed by atoms with Crippen LogP contribution in [0.4, 0.5) is 4.39 Å². The smallest absolute Gasteiger partial charge is 0.259 e. The summed E-state index contributed by atoms with van der Waals surface area (Å²) in [7, 11) is -2.79. The van der Waals surface area contributed by atoms with Crippen molar-refractivity contribution in [3.05, 3.63) is 89.4 Å². The minimum absolute atomic E-state index is 0.0697. The van der Waals surface area contributed by atoms with Gasteiger partial charge in [0, 0.05) is 25.7 Å². The molecule has 0 radical (unpaired) electrons. The lowest BCUT2D eigenvalue weighted by Gasteiger charge is -2.37. The molecular weight excluding hydrogens is 521 g/mol. The van der Waals surface area contributed by atoms with E-state index in [0.717, 1.165) is 15.9 Å². The van der Waals surface area contributed by atoms with E-state index < -0.39 is 32.9 Å². The highest BCUT2D eigenvalue weighted by Crippen LogP contribution is 2.29. The Morgan fingerprint density at radius 1 is 1.15 bits per heavy atom. The monoisotopic (exact) mass is 553 g/mol. The molecule has 0 fully saturated rings. The zero-order valence-corrected chi connectivity index (χ0v) is 22.9. The zero-order valence-electron chi connectivity index (χ0n) is 22.1. The Morgan fingerprint density at radius 3 is 2.51 bits per heavy atom. The maximum absolute atomic E-state index is 14.3. The molecule has 0 bridgehead atoms. The fraction of sp³-hybridized carbons (Fsp3) is 0.310. The lowest BCUT2D eigenvalue weighted by Crippen LogP contribution is -2.50. The van der Waals surface area contributed by atoms with E-state index in [1.54, 1.807) is 24.1 Å². The number of pyridine rings is 1. The second-order valence-corrected chi connectivity index (χ2v) is 11.7. The zero-order chi connectivity index (χ0) is 28.2. The first-order valence-electron chi connectivity index (χ1n) is 12.6. The van der Waals surface area contributed by atoms with Gasteiger partial charge in [-0.05, 0) is 36.2 Å². The number of carbonyl (C=O) groups excluding carboxylic acids is 1. The molecule has 4 rings (SSSR count). The fourth-order valence-electron chi connectivity index (χ4n) is 4.36. The highest BCUT2D eigenvalue weighted by molar-refractivity contribution is 7.89. The third-order valence-corrected chi connectivity index (χ3v) is 8.63. The van der Waals surface area contributed by atoms with Crippen molar-refractivity contribution < 1.29 is 27.4 Å². The van der Waals surface area contributed by atoms with Crippen LogP contribution in [0.15, 0.2) is 71.8 Å². The summed E-state index contributed by atoms with van der Waals surface area (Å²) in [6.45, 7) is 3.43. The maximum atomic E-state index is 14.3. The van der Waals surface area contributed by atoms with E-state index in [1.807, 2.05) is 49.4 Å². The number of aliphatic hydroxyl groups excluding tert-OH is 1. The van der Waals surface area contributed by atoms with E-state index >= 15 is 0 Å². The second-order valence-electron chi connectivity index (χ2n) is 9.70.